The van der Waals surface area contributed by atoms with E-state index in [1.54, 1.807) is 26.0 Å². The number of nitrogens with zero attached hydrogens (tertiary/aromatic N) is 2. The van der Waals surface area contributed by atoms with Gasteiger partial charge in [0.05, 0.1) is 18.7 Å². The molecule has 7 heteroatoms. The standard InChI is InChI=1S/C28H26N2O5/c1-4-34-27(32)14-15-30-25-12-10-21(18(2)29-35-19(3)31)16-23(25)24-17-22(11-13-26(24)30)28(33)20-8-6-5-7-9-20/h5-13,16-17H,4,14-15H2,1-3H3/b29-18-. The van der Waals surface area contributed by atoms with Gasteiger partial charge in [-0.2, -0.15) is 0 Å². The summed E-state index contributed by atoms with van der Waals surface area (Å²) in [6.45, 7) is 5.60. The number of hydrogen-bond donors (Lipinski definition) is 0. The third-order valence-corrected chi connectivity index (χ3v) is 5.74. The van der Waals surface area contributed by atoms with Crippen LogP contribution < -0.4 is 0 Å². The van der Waals surface area contributed by atoms with Crippen LogP contribution in [0.1, 0.15) is 48.7 Å². The summed E-state index contributed by atoms with van der Waals surface area (Å²) in [4.78, 5) is 41.1. The number of benzene rings is 3. The van der Waals surface area contributed by atoms with Crippen molar-refractivity contribution in [3.05, 3.63) is 83.4 Å². The Bertz CT molecular complexity index is 1450. The van der Waals surface area contributed by atoms with Gasteiger partial charge in [0, 0.05) is 46.4 Å². The van der Waals surface area contributed by atoms with E-state index >= 15 is 0 Å². The van der Waals surface area contributed by atoms with Gasteiger partial charge in [-0.15, -0.1) is 0 Å². The minimum Gasteiger partial charge on any atom is -0.466 e. The number of carbonyl (C=O) groups is 3. The Balaban J connectivity index is 1.84. The van der Waals surface area contributed by atoms with E-state index in [-0.39, 0.29) is 18.2 Å². The third-order valence-electron chi connectivity index (χ3n) is 5.74. The van der Waals surface area contributed by atoms with Crippen molar-refractivity contribution in [1.82, 2.24) is 4.57 Å². The summed E-state index contributed by atoms with van der Waals surface area (Å²) >= 11 is 0. The van der Waals surface area contributed by atoms with Crippen molar-refractivity contribution in [2.24, 2.45) is 5.16 Å². The molecule has 0 radical (unpaired) electrons. The Morgan fingerprint density at radius 1 is 0.829 bits per heavy atom. The van der Waals surface area contributed by atoms with Gasteiger partial charge in [-0.05, 0) is 49.7 Å². The molecule has 0 saturated carbocycles. The van der Waals surface area contributed by atoms with Crippen LogP contribution >= 0.6 is 0 Å². The Morgan fingerprint density at radius 2 is 1.46 bits per heavy atom. The zero-order chi connectivity index (χ0) is 24.9. The lowest BCUT2D eigenvalue weighted by Crippen LogP contribution is -2.09. The fourth-order valence-corrected chi connectivity index (χ4v) is 4.09. The van der Waals surface area contributed by atoms with Crippen LogP contribution in [0.25, 0.3) is 21.8 Å². The predicted molar refractivity (Wildman–Crippen MR) is 135 cm³/mol. The smallest absolute Gasteiger partial charge is 0.331 e. The molecular formula is C28H26N2O5. The van der Waals surface area contributed by atoms with E-state index in [4.69, 9.17) is 9.57 Å². The van der Waals surface area contributed by atoms with Crippen molar-refractivity contribution >= 4 is 45.2 Å². The molecular weight excluding hydrogens is 444 g/mol. The first-order chi connectivity index (χ1) is 16.9. The third kappa shape index (κ3) is 5.14. The van der Waals surface area contributed by atoms with E-state index in [9.17, 15) is 14.4 Å². The highest BCUT2D eigenvalue weighted by atomic mass is 16.7. The van der Waals surface area contributed by atoms with Gasteiger partial charge in [-0.3, -0.25) is 9.59 Å². The second kappa shape index (κ2) is 10.3. The van der Waals surface area contributed by atoms with Crippen LogP contribution in [0.5, 0.6) is 0 Å². The molecule has 0 atom stereocenters. The Labute approximate surface area is 202 Å². The second-order valence-corrected chi connectivity index (χ2v) is 8.13. The first-order valence-corrected chi connectivity index (χ1v) is 11.4. The zero-order valence-electron chi connectivity index (χ0n) is 19.9. The highest BCUT2D eigenvalue weighted by Gasteiger charge is 2.17. The van der Waals surface area contributed by atoms with E-state index in [2.05, 4.69) is 9.72 Å². The highest BCUT2D eigenvalue weighted by molar-refractivity contribution is 6.16. The number of oxime groups is 1. The van der Waals surface area contributed by atoms with Crippen molar-refractivity contribution in [1.29, 1.82) is 0 Å². The molecule has 4 rings (SSSR count). The van der Waals surface area contributed by atoms with Crippen LogP contribution in [0.2, 0.25) is 0 Å². The summed E-state index contributed by atoms with van der Waals surface area (Å²) < 4.78 is 7.16. The second-order valence-electron chi connectivity index (χ2n) is 8.13. The summed E-state index contributed by atoms with van der Waals surface area (Å²) in [6, 6.07) is 20.5. The molecule has 0 unspecified atom stereocenters. The number of rotatable bonds is 8. The maximum Gasteiger partial charge on any atom is 0.331 e. The fourth-order valence-electron chi connectivity index (χ4n) is 4.09. The molecule has 0 spiro atoms. The molecule has 1 heterocycles. The number of esters is 1. The first-order valence-electron chi connectivity index (χ1n) is 11.4. The summed E-state index contributed by atoms with van der Waals surface area (Å²) in [5.41, 5.74) is 4.33. The predicted octanol–water partition coefficient (Wildman–Crippen LogP) is 5.27. The van der Waals surface area contributed by atoms with Gasteiger partial charge in [0.1, 0.15) is 0 Å². The number of aryl methyl sites for hydroxylation is 1. The van der Waals surface area contributed by atoms with Gasteiger partial charge in [-0.25, -0.2) is 4.79 Å². The van der Waals surface area contributed by atoms with Crippen molar-refractivity contribution < 1.29 is 24.0 Å². The Kier molecular flexibility index (Phi) is 7.06. The number of ether oxygens (including phenoxy) is 1. The van der Waals surface area contributed by atoms with Crippen LogP contribution in [0, 0.1) is 0 Å². The maximum absolute atomic E-state index is 13.1. The lowest BCUT2D eigenvalue weighted by molar-refractivity contribution is -0.143. The van der Waals surface area contributed by atoms with Crippen molar-refractivity contribution in [2.45, 2.75) is 33.7 Å². The molecule has 178 valence electrons. The number of fused-ring (bicyclic) bond motifs is 3. The SMILES string of the molecule is CCOC(=O)CCn1c2ccc(C(=O)c3ccccc3)cc2c2cc(/C(C)=N\OC(C)=O)ccc21. The number of aromatic nitrogens is 1. The van der Waals surface area contributed by atoms with Gasteiger partial charge in [0.2, 0.25) is 0 Å². The van der Waals surface area contributed by atoms with E-state index in [0.717, 1.165) is 27.4 Å². The minimum absolute atomic E-state index is 0.0660. The number of ketones is 1. The quantitative estimate of drug-likeness (QED) is 0.115. The van der Waals surface area contributed by atoms with Crippen molar-refractivity contribution in [3.8, 4) is 0 Å². The average molecular weight is 471 g/mol. The van der Waals surface area contributed by atoms with Gasteiger partial charge < -0.3 is 14.1 Å². The monoisotopic (exact) mass is 470 g/mol. The summed E-state index contributed by atoms with van der Waals surface area (Å²) in [5, 5.41) is 5.68. The largest absolute Gasteiger partial charge is 0.466 e. The zero-order valence-corrected chi connectivity index (χ0v) is 19.9. The molecule has 0 amide bonds. The maximum atomic E-state index is 13.1. The molecule has 3 aromatic carbocycles. The van der Waals surface area contributed by atoms with E-state index in [1.165, 1.54) is 6.92 Å². The molecule has 0 N–H and O–H groups in total. The molecule has 0 aliphatic carbocycles. The Hall–Kier alpha value is -4.26. The molecule has 4 aromatic rings. The van der Waals surface area contributed by atoms with Crippen LogP contribution in [0.3, 0.4) is 0 Å². The van der Waals surface area contributed by atoms with Gasteiger partial charge in [-0.1, -0.05) is 41.6 Å². The molecule has 7 nitrogen and oxygen atoms in total. The van der Waals surface area contributed by atoms with E-state index < -0.39 is 5.97 Å². The molecule has 1 aromatic heterocycles. The molecule has 0 saturated heterocycles. The van der Waals surface area contributed by atoms with E-state index in [0.29, 0.717) is 30.0 Å². The van der Waals surface area contributed by atoms with E-state index in [1.807, 2.05) is 54.6 Å². The van der Waals surface area contributed by atoms with Gasteiger partial charge in [0.25, 0.3) is 0 Å². The van der Waals surface area contributed by atoms with Crippen molar-refractivity contribution in [2.75, 3.05) is 6.61 Å². The molecule has 0 aliphatic rings. The summed E-state index contributed by atoms with van der Waals surface area (Å²) in [7, 11) is 0. The molecule has 0 fully saturated rings. The first kappa shape index (κ1) is 23.9. The summed E-state index contributed by atoms with van der Waals surface area (Å²) in [6.07, 6.45) is 0.228. The normalized spacial score (nSPS) is 11.6. The number of carbonyl (C=O) groups excluding carboxylic acids is 3. The fraction of sp³-hybridized carbons (Fsp3) is 0.214. The highest BCUT2D eigenvalue weighted by Crippen LogP contribution is 2.32. The van der Waals surface area contributed by atoms with Crippen LogP contribution in [0.4, 0.5) is 0 Å². The van der Waals surface area contributed by atoms with Crippen LogP contribution in [-0.2, 0) is 25.7 Å². The number of hydrogen-bond acceptors (Lipinski definition) is 6. The van der Waals surface area contributed by atoms with Crippen molar-refractivity contribution in [3.63, 3.8) is 0 Å². The average Bonchev–Trinajstić information content (AvgIpc) is 3.18. The Morgan fingerprint density at radius 3 is 2.09 bits per heavy atom. The van der Waals surface area contributed by atoms with Gasteiger partial charge in [0.15, 0.2) is 5.78 Å². The molecule has 0 bridgehead atoms. The van der Waals surface area contributed by atoms with Gasteiger partial charge >= 0.3 is 11.9 Å². The van der Waals surface area contributed by atoms with Crippen LogP contribution in [-0.4, -0.2) is 34.6 Å². The molecule has 35 heavy (non-hydrogen) atoms. The van der Waals surface area contributed by atoms with Crippen LogP contribution in [0.15, 0.2) is 71.9 Å². The lowest BCUT2D eigenvalue weighted by Gasteiger charge is -2.08. The summed E-state index contributed by atoms with van der Waals surface area (Å²) in [5.74, 6) is -0.826. The topological polar surface area (TPSA) is 87.0 Å². The lowest BCUT2D eigenvalue weighted by atomic mass is 10.0. The minimum atomic E-state index is -0.495. The molecule has 0 aliphatic heterocycles.